The molecular formula is C18H29F2N. The number of pyridine rings is 1. The number of hydrogen-bond acceptors (Lipinski definition) is 1. The van der Waals surface area contributed by atoms with Crippen molar-refractivity contribution in [3.05, 3.63) is 28.6 Å². The maximum atomic E-state index is 13.9. The Hall–Kier alpha value is -0.990. The van der Waals surface area contributed by atoms with Crippen LogP contribution in [0.4, 0.5) is 8.78 Å². The third-order valence-electron chi connectivity index (χ3n) is 3.61. The molecule has 0 aliphatic heterocycles. The molecule has 1 aromatic rings. The van der Waals surface area contributed by atoms with E-state index in [1.165, 1.54) is 0 Å². The second kappa shape index (κ2) is 5.33. The molecule has 0 aliphatic carbocycles. The Morgan fingerprint density at radius 1 is 0.810 bits per heavy atom. The van der Waals surface area contributed by atoms with Crippen molar-refractivity contribution in [2.24, 2.45) is 0 Å². The molecule has 0 bridgehead atoms. The first-order chi connectivity index (χ1) is 9.17. The molecule has 0 saturated heterocycles. The van der Waals surface area contributed by atoms with Crippen molar-refractivity contribution in [2.75, 3.05) is 0 Å². The van der Waals surface area contributed by atoms with Crippen LogP contribution in [0.5, 0.6) is 0 Å². The van der Waals surface area contributed by atoms with E-state index in [2.05, 4.69) is 4.98 Å². The molecule has 0 aliphatic rings. The molecule has 1 heterocycles. The van der Waals surface area contributed by atoms with Gasteiger partial charge in [-0.05, 0) is 22.0 Å². The summed E-state index contributed by atoms with van der Waals surface area (Å²) in [5.74, 6) is 0. The molecule has 0 aromatic carbocycles. The smallest absolute Gasteiger partial charge is 0.260 e. The summed E-state index contributed by atoms with van der Waals surface area (Å²) in [6.45, 7) is 17.9. The van der Waals surface area contributed by atoms with Gasteiger partial charge in [-0.2, -0.15) is 0 Å². The number of aromatic nitrogens is 1. The van der Waals surface area contributed by atoms with Gasteiger partial charge in [0, 0.05) is 22.9 Å². The van der Waals surface area contributed by atoms with E-state index in [4.69, 9.17) is 0 Å². The first-order valence-electron chi connectivity index (χ1n) is 7.50. The zero-order valence-electron chi connectivity index (χ0n) is 14.9. The van der Waals surface area contributed by atoms with Crippen LogP contribution >= 0.6 is 0 Å². The summed E-state index contributed by atoms with van der Waals surface area (Å²) in [4.78, 5) is 4.59. The topological polar surface area (TPSA) is 12.9 Å². The monoisotopic (exact) mass is 297 g/mol. The molecule has 0 fully saturated rings. The molecular weight excluding hydrogens is 268 g/mol. The minimum atomic E-state index is -2.49. The molecule has 1 aromatic heterocycles. The predicted octanol–water partition coefficient (Wildman–Crippen LogP) is 5.91. The average molecular weight is 297 g/mol. The largest absolute Gasteiger partial charge is 0.264 e. The number of hydrogen-bond donors (Lipinski definition) is 0. The standard InChI is InChI=1S/C18H29F2N/c1-16(2,3)11-10-21-14(18(7,8)9)13(17(4,5)6)12(11)15(19)20/h10,15H,1-9H3. The summed E-state index contributed by atoms with van der Waals surface area (Å²) >= 11 is 0. The van der Waals surface area contributed by atoms with Gasteiger partial charge in [-0.25, -0.2) is 8.78 Å². The number of alkyl halides is 2. The van der Waals surface area contributed by atoms with Crippen molar-refractivity contribution < 1.29 is 8.78 Å². The van der Waals surface area contributed by atoms with Crippen molar-refractivity contribution in [3.8, 4) is 0 Å². The Balaban J connectivity index is 3.90. The summed E-state index contributed by atoms with van der Waals surface area (Å²) in [6.07, 6.45) is -0.838. The SMILES string of the molecule is CC(C)(C)c1cnc(C(C)(C)C)c(C(C)(C)C)c1C(F)F. The van der Waals surface area contributed by atoms with Crippen LogP contribution in [-0.4, -0.2) is 4.98 Å². The van der Waals surface area contributed by atoms with Crippen molar-refractivity contribution in [1.82, 2.24) is 4.98 Å². The summed E-state index contributed by atoms with van der Waals surface area (Å²) in [7, 11) is 0. The van der Waals surface area contributed by atoms with Crippen LogP contribution in [0.15, 0.2) is 6.20 Å². The molecule has 0 saturated carbocycles. The Kier molecular flexibility index (Phi) is 4.58. The molecule has 120 valence electrons. The Morgan fingerprint density at radius 2 is 1.29 bits per heavy atom. The maximum Gasteiger partial charge on any atom is 0.264 e. The highest BCUT2D eigenvalue weighted by molar-refractivity contribution is 5.46. The third-order valence-corrected chi connectivity index (χ3v) is 3.61. The van der Waals surface area contributed by atoms with Crippen molar-refractivity contribution in [3.63, 3.8) is 0 Å². The van der Waals surface area contributed by atoms with Crippen LogP contribution in [0, 0.1) is 0 Å². The molecule has 1 rings (SSSR count). The predicted molar refractivity (Wildman–Crippen MR) is 85.3 cm³/mol. The first-order valence-corrected chi connectivity index (χ1v) is 7.50. The van der Waals surface area contributed by atoms with Crippen LogP contribution < -0.4 is 0 Å². The van der Waals surface area contributed by atoms with Gasteiger partial charge in [0.1, 0.15) is 0 Å². The van der Waals surface area contributed by atoms with Crippen molar-refractivity contribution in [1.29, 1.82) is 0 Å². The van der Waals surface area contributed by atoms with Gasteiger partial charge >= 0.3 is 0 Å². The first kappa shape index (κ1) is 18.1. The normalized spacial score (nSPS) is 13.9. The lowest BCUT2D eigenvalue weighted by Gasteiger charge is -2.34. The quantitative estimate of drug-likeness (QED) is 0.627. The van der Waals surface area contributed by atoms with Gasteiger partial charge < -0.3 is 0 Å². The second-order valence-corrected chi connectivity index (χ2v) is 8.86. The fourth-order valence-corrected chi connectivity index (χ4v) is 2.68. The molecule has 0 radical (unpaired) electrons. The summed E-state index contributed by atoms with van der Waals surface area (Å²) < 4.78 is 27.8. The lowest BCUT2D eigenvalue weighted by Crippen LogP contribution is -2.29. The number of nitrogens with zero attached hydrogens (tertiary/aromatic N) is 1. The lowest BCUT2D eigenvalue weighted by molar-refractivity contribution is 0.145. The van der Waals surface area contributed by atoms with E-state index in [0.29, 0.717) is 11.1 Å². The molecule has 3 heteroatoms. The second-order valence-electron chi connectivity index (χ2n) is 8.86. The third kappa shape index (κ3) is 3.81. The van der Waals surface area contributed by atoms with Crippen LogP contribution in [0.3, 0.4) is 0 Å². The van der Waals surface area contributed by atoms with Gasteiger partial charge in [-0.15, -0.1) is 0 Å². The number of halogens is 2. The van der Waals surface area contributed by atoms with E-state index in [0.717, 1.165) is 5.69 Å². The molecule has 0 atom stereocenters. The molecule has 0 spiro atoms. The fraction of sp³-hybridized carbons (Fsp3) is 0.722. The van der Waals surface area contributed by atoms with E-state index in [1.807, 2.05) is 62.3 Å². The zero-order valence-corrected chi connectivity index (χ0v) is 14.9. The number of rotatable bonds is 1. The minimum Gasteiger partial charge on any atom is -0.260 e. The highest BCUT2D eigenvalue weighted by Gasteiger charge is 2.35. The Labute approximate surface area is 128 Å². The molecule has 0 unspecified atom stereocenters. The summed E-state index contributed by atoms with van der Waals surface area (Å²) in [5.41, 5.74) is 1.32. The van der Waals surface area contributed by atoms with E-state index >= 15 is 0 Å². The molecule has 0 amide bonds. The fourth-order valence-electron chi connectivity index (χ4n) is 2.68. The minimum absolute atomic E-state index is 0.176. The van der Waals surface area contributed by atoms with Crippen molar-refractivity contribution in [2.45, 2.75) is 85.0 Å². The average Bonchev–Trinajstić information content (AvgIpc) is 2.23. The van der Waals surface area contributed by atoms with Crippen LogP contribution in [0.1, 0.15) is 91.1 Å². The lowest BCUT2D eigenvalue weighted by atomic mass is 9.72. The van der Waals surface area contributed by atoms with Crippen LogP contribution in [0.25, 0.3) is 0 Å². The van der Waals surface area contributed by atoms with E-state index < -0.39 is 6.43 Å². The molecule has 1 nitrogen and oxygen atoms in total. The van der Waals surface area contributed by atoms with E-state index in [9.17, 15) is 8.78 Å². The van der Waals surface area contributed by atoms with Crippen LogP contribution in [0.2, 0.25) is 0 Å². The summed E-state index contributed by atoms with van der Waals surface area (Å²) in [5, 5.41) is 0. The van der Waals surface area contributed by atoms with Gasteiger partial charge in [0.25, 0.3) is 6.43 Å². The van der Waals surface area contributed by atoms with Gasteiger partial charge in [0.2, 0.25) is 0 Å². The van der Waals surface area contributed by atoms with E-state index in [-0.39, 0.29) is 21.8 Å². The summed E-state index contributed by atoms with van der Waals surface area (Å²) in [6, 6.07) is 0. The maximum absolute atomic E-state index is 13.9. The Bertz CT molecular complexity index is 512. The highest BCUT2D eigenvalue weighted by Crippen LogP contribution is 2.42. The van der Waals surface area contributed by atoms with Gasteiger partial charge in [-0.3, -0.25) is 4.98 Å². The highest BCUT2D eigenvalue weighted by atomic mass is 19.3. The van der Waals surface area contributed by atoms with Crippen LogP contribution in [-0.2, 0) is 16.2 Å². The Morgan fingerprint density at radius 3 is 1.57 bits per heavy atom. The van der Waals surface area contributed by atoms with Gasteiger partial charge in [0.15, 0.2) is 0 Å². The zero-order chi connectivity index (χ0) is 16.8. The van der Waals surface area contributed by atoms with Gasteiger partial charge in [-0.1, -0.05) is 62.3 Å². The molecule has 21 heavy (non-hydrogen) atoms. The van der Waals surface area contributed by atoms with Crippen molar-refractivity contribution >= 4 is 0 Å². The van der Waals surface area contributed by atoms with Gasteiger partial charge in [0.05, 0.1) is 0 Å². The molecule has 0 N–H and O–H groups in total. The van der Waals surface area contributed by atoms with E-state index in [1.54, 1.807) is 6.20 Å².